The largest absolute Gasteiger partial charge is 0.383 e. The van der Waals surface area contributed by atoms with Crippen molar-refractivity contribution in [3.05, 3.63) is 16.6 Å². The van der Waals surface area contributed by atoms with Gasteiger partial charge < -0.3 is 11.2 Å². The summed E-state index contributed by atoms with van der Waals surface area (Å²) in [7, 11) is 1.82. The van der Waals surface area contributed by atoms with Crippen LogP contribution in [0.1, 0.15) is 18.4 Å². The van der Waals surface area contributed by atoms with E-state index >= 15 is 0 Å². The highest BCUT2D eigenvalue weighted by Gasteiger charge is 2.03. The summed E-state index contributed by atoms with van der Waals surface area (Å²) < 4.78 is 0. The Hall–Kier alpha value is -1.07. The molecule has 0 aliphatic heterocycles. The standard InChI is InChI=1S/C8H14N4S/c1-3-6(4-11-10-2)8-12-7(9)5-13-8/h4-5,10-11H,3,9H2,1-2H3/b6-4+. The summed E-state index contributed by atoms with van der Waals surface area (Å²) in [6.45, 7) is 2.08. The number of rotatable bonds is 4. The second-order valence-corrected chi connectivity index (χ2v) is 3.35. The number of hydrogen-bond acceptors (Lipinski definition) is 5. The summed E-state index contributed by atoms with van der Waals surface area (Å²) in [6, 6.07) is 0. The fraction of sp³-hybridized carbons (Fsp3) is 0.375. The molecule has 0 amide bonds. The van der Waals surface area contributed by atoms with Gasteiger partial charge in [0.05, 0.1) is 0 Å². The molecule has 0 unspecified atom stereocenters. The molecule has 5 heteroatoms. The molecule has 72 valence electrons. The lowest BCUT2D eigenvalue weighted by molar-refractivity contribution is 0.730. The fourth-order valence-electron chi connectivity index (χ4n) is 0.908. The van der Waals surface area contributed by atoms with Crippen molar-refractivity contribution in [2.24, 2.45) is 0 Å². The molecule has 1 rings (SSSR count). The van der Waals surface area contributed by atoms with E-state index in [4.69, 9.17) is 5.73 Å². The molecule has 0 fully saturated rings. The summed E-state index contributed by atoms with van der Waals surface area (Å²) in [4.78, 5) is 4.19. The van der Waals surface area contributed by atoms with Gasteiger partial charge in [-0.1, -0.05) is 6.92 Å². The van der Waals surface area contributed by atoms with Gasteiger partial charge in [-0.05, 0) is 6.42 Å². The first kappa shape index (κ1) is 10.0. The Balaban J connectivity index is 2.77. The van der Waals surface area contributed by atoms with E-state index < -0.39 is 0 Å². The molecule has 0 aliphatic carbocycles. The predicted octanol–water partition coefficient (Wildman–Crippen LogP) is 1.20. The molecule has 1 aromatic heterocycles. The summed E-state index contributed by atoms with van der Waals surface area (Å²) >= 11 is 1.56. The summed E-state index contributed by atoms with van der Waals surface area (Å²) in [6.07, 6.45) is 2.83. The van der Waals surface area contributed by atoms with E-state index in [2.05, 4.69) is 22.8 Å². The number of nitrogen functional groups attached to an aromatic ring is 1. The number of nitrogens with one attached hydrogen (secondary N) is 2. The van der Waals surface area contributed by atoms with Crippen molar-refractivity contribution in [1.82, 2.24) is 15.8 Å². The van der Waals surface area contributed by atoms with Crippen LogP contribution in [0.25, 0.3) is 5.57 Å². The van der Waals surface area contributed by atoms with Crippen LogP contribution in [0.15, 0.2) is 11.6 Å². The zero-order valence-electron chi connectivity index (χ0n) is 7.79. The molecule has 0 radical (unpaired) electrons. The van der Waals surface area contributed by atoms with Gasteiger partial charge in [-0.25, -0.2) is 10.4 Å². The van der Waals surface area contributed by atoms with Crippen LogP contribution in [0.5, 0.6) is 0 Å². The summed E-state index contributed by atoms with van der Waals surface area (Å²) in [5.41, 5.74) is 12.4. The zero-order valence-corrected chi connectivity index (χ0v) is 8.61. The molecule has 0 bridgehead atoms. The van der Waals surface area contributed by atoms with Crippen LogP contribution in [0.4, 0.5) is 5.82 Å². The number of nitrogens with two attached hydrogens (primary N) is 1. The van der Waals surface area contributed by atoms with Crippen LogP contribution in [-0.2, 0) is 0 Å². The van der Waals surface area contributed by atoms with Crippen molar-refractivity contribution in [3.63, 3.8) is 0 Å². The first-order valence-corrected chi connectivity index (χ1v) is 4.98. The lowest BCUT2D eigenvalue weighted by Crippen LogP contribution is -2.21. The van der Waals surface area contributed by atoms with Crippen molar-refractivity contribution >= 4 is 22.7 Å². The summed E-state index contributed by atoms with van der Waals surface area (Å²) in [5, 5.41) is 2.82. The molecule has 4 nitrogen and oxygen atoms in total. The number of anilines is 1. The first-order chi connectivity index (χ1) is 6.27. The molecule has 13 heavy (non-hydrogen) atoms. The van der Waals surface area contributed by atoms with Crippen LogP contribution in [0.3, 0.4) is 0 Å². The number of hydrazine groups is 1. The predicted molar refractivity (Wildman–Crippen MR) is 57.0 cm³/mol. The Morgan fingerprint density at radius 3 is 3.00 bits per heavy atom. The minimum Gasteiger partial charge on any atom is -0.383 e. The Morgan fingerprint density at radius 2 is 2.54 bits per heavy atom. The average molecular weight is 198 g/mol. The molecular formula is C8H14N4S. The third kappa shape index (κ3) is 2.71. The Bertz CT molecular complexity index is 292. The molecule has 1 aromatic rings. The number of thiazole rings is 1. The highest BCUT2D eigenvalue weighted by atomic mass is 32.1. The molecule has 0 aromatic carbocycles. The van der Waals surface area contributed by atoms with E-state index in [1.165, 1.54) is 0 Å². The Kier molecular flexibility index (Phi) is 3.72. The van der Waals surface area contributed by atoms with Gasteiger partial charge in [-0.3, -0.25) is 0 Å². The van der Waals surface area contributed by atoms with E-state index in [9.17, 15) is 0 Å². The second-order valence-electron chi connectivity index (χ2n) is 2.49. The Labute approximate surface area is 81.8 Å². The van der Waals surface area contributed by atoms with Crippen LogP contribution in [-0.4, -0.2) is 12.0 Å². The van der Waals surface area contributed by atoms with Crippen LogP contribution in [0.2, 0.25) is 0 Å². The third-order valence-electron chi connectivity index (χ3n) is 1.57. The quantitative estimate of drug-likeness (QED) is 0.636. The lowest BCUT2D eigenvalue weighted by Gasteiger charge is -2.01. The minimum atomic E-state index is 0.587. The number of hydrogen-bond donors (Lipinski definition) is 3. The molecule has 0 atom stereocenters. The second kappa shape index (κ2) is 4.84. The minimum absolute atomic E-state index is 0.587. The first-order valence-electron chi connectivity index (χ1n) is 4.10. The molecular weight excluding hydrogens is 184 g/mol. The molecule has 4 N–H and O–H groups in total. The van der Waals surface area contributed by atoms with E-state index in [-0.39, 0.29) is 0 Å². The van der Waals surface area contributed by atoms with Crippen molar-refractivity contribution < 1.29 is 0 Å². The van der Waals surface area contributed by atoms with Gasteiger partial charge in [0.1, 0.15) is 10.8 Å². The zero-order chi connectivity index (χ0) is 9.68. The monoisotopic (exact) mass is 198 g/mol. The van der Waals surface area contributed by atoms with Crippen molar-refractivity contribution in [1.29, 1.82) is 0 Å². The van der Waals surface area contributed by atoms with Gasteiger partial charge >= 0.3 is 0 Å². The normalized spacial score (nSPS) is 11.7. The average Bonchev–Trinajstić information content (AvgIpc) is 2.54. The van der Waals surface area contributed by atoms with Crippen LogP contribution in [0, 0.1) is 0 Å². The van der Waals surface area contributed by atoms with Crippen molar-refractivity contribution in [2.75, 3.05) is 12.8 Å². The Morgan fingerprint density at radius 1 is 1.77 bits per heavy atom. The third-order valence-corrected chi connectivity index (χ3v) is 2.50. The van der Waals surface area contributed by atoms with Gasteiger partial charge in [-0.15, -0.1) is 11.3 Å². The van der Waals surface area contributed by atoms with Crippen molar-refractivity contribution in [3.8, 4) is 0 Å². The number of allylic oxidation sites excluding steroid dienone is 1. The van der Waals surface area contributed by atoms with Crippen LogP contribution < -0.4 is 16.6 Å². The van der Waals surface area contributed by atoms with E-state index in [1.54, 1.807) is 11.3 Å². The SMILES string of the molecule is CC/C(=C\NNC)c1nc(N)cs1. The van der Waals surface area contributed by atoms with E-state index in [0.29, 0.717) is 5.82 Å². The highest BCUT2D eigenvalue weighted by molar-refractivity contribution is 7.11. The molecule has 0 spiro atoms. The van der Waals surface area contributed by atoms with Gasteiger partial charge in [-0.2, -0.15) is 0 Å². The maximum atomic E-state index is 5.54. The number of nitrogens with zero attached hydrogens (tertiary/aromatic N) is 1. The fourth-order valence-corrected chi connectivity index (χ4v) is 1.71. The highest BCUT2D eigenvalue weighted by Crippen LogP contribution is 2.22. The topological polar surface area (TPSA) is 63.0 Å². The van der Waals surface area contributed by atoms with Gasteiger partial charge in [0, 0.05) is 24.2 Å². The number of aromatic nitrogens is 1. The van der Waals surface area contributed by atoms with Gasteiger partial charge in [0.15, 0.2) is 0 Å². The van der Waals surface area contributed by atoms with Gasteiger partial charge in [0.2, 0.25) is 0 Å². The van der Waals surface area contributed by atoms with Crippen LogP contribution >= 0.6 is 11.3 Å². The smallest absolute Gasteiger partial charge is 0.135 e. The molecule has 1 heterocycles. The van der Waals surface area contributed by atoms with Crippen molar-refractivity contribution in [2.45, 2.75) is 13.3 Å². The van der Waals surface area contributed by atoms with Gasteiger partial charge in [0.25, 0.3) is 0 Å². The summed E-state index contributed by atoms with van der Waals surface area (Å²) in [5.74, 6) is 0.587. The van der Waals surface area contributed by atoms with E-state index in [0.717, 1.165) is 17.0 Å². The molecule has 0 saturated carbocycles. The maximum absolute atomic E-state index is 5.54. The molecule has 0 aliphatic rings. The van der Waals surface area contributed by atoms with E-state index in [1.807, 2.05) is 18.6 Å². The lowest BCUT2D eigenvalue weighted by atomic mass is 10.2. The molecule has 0 saturated heterocycles. The maximum Gasteiger partial charge on any atom is 0.135 e.